The molecule has 0 saturated heterocycles. The molecule has 1 saturated carbocycles. The summed E-state index contributed by atoms with van der Waals surface area (Å²) in [5.74, 6) is 0. The minimum Gasteiger partial charge on any atom is -0.302 e. The summed E-state index contributed by atoms with van der Waals surface area (Å²) in [7, 11) is -1.64. The lowest BCUT2D eigenvalue weighted by atomic mass is 10.1. The van der Waals surface area contributed by atoms with Crippen LogP contribution in [0.3, 0.4) is 0 Å². The number of sulfonamides is 1. The van der Waals surface area contributed by atoms with Gasteiger partial charge in [0.1, 0.15) is 0 Å². The van der Waals surface area contributed by atoms with Gasteiger partial charge < -0.3 is 4.90 Å². The maximum Gasteiger partial charge on any atom is 0.240 e. The molecule has 0 bridgehead atoms. The van der Waals surface area contributed by atoms with E-state index >= 15 is 0 Å². The third kappa shape index (κ3) is 5.94. The summed E-state index contributed by atoms with van der Waals surface area (Å²) in [5, 5.41) is 18.7. The van der Waals surface area contributed by atoms with Crippen LogP contribution >= 0.6 is 11.6 Å². The third-order valence-corrected chi connectivity index (χ3v) is 7.38. The molecule has 0 aliphatic heterocycles. The van der Waals surface area contributed by atoms with Crippen LogP contribution < -0.4 is 9.95 Å². The van der Waals surface area contributed by atoms with Crippen LogP contribution in [0, 0.1) is 0 Å². The van der Waals surface area contributed by atoms with E-state index in [2.05, 4.69) is 9.62 Å². The predicted molar refractivity (Wildman–Crippen MR) is 117 cm³/mol. The van der Waals surface area contributed by atoms with Crippen LogP contribution in [0.1, 0.15) is 31.2 Å². The highest BCUT2D eigenvalue weighted by molar-refractivity contribution is 7.89. The predicted octanol–water partition coefficient (Wildman–Crippen LogP) is 3.69. The van der Waals surface area contributed by atoms with Gasteiger partial charge >= 0.3 is 0 Å². The monoisotopic (exact) mass is 453 g/mol. The van der Waals surface area contributed by atoms with Gasteiger partial charge in [-0.05, 0) is 81.2 Å². The number of hydrogen-bond acceptors (Lipinski definition) is 6. The van der Waals surface area contributed by atoms with E-state index in [0.29, 0.717) is 0 Å². The van der Waals surface area contributed by atoms with Crippen molar-refractivity contribution in [2.45, 2.75) is 49.1 Å². The molecule has 0 spiro atoms. The van der Waals surface area contributed by atoms with Crippen LogP contribution in [-0.2, 0) is 16.4 Å². The zero-order valence-corrected chi connectivity index (χ0v) is 18.5. The van der Waals surface area contributed by atoms with E-state index in [1.165, 1.54) is 29.8 Å². The van der Waals surface area contributed by atoms with Gasteiger partial charge in [0.2, 0.25) is 10.0 Å². The van der Waals surface area contributed by atoms with Crippen molar-refractivity contribution in [1.29, 1.82) is 0 Å². The first-order valence-electron chi connectivity index (χ1n) is 10.0. The summed E-state index contributed by atoms with van der Waals surface area (Å²) in [6.45, 7) is 0.878. The van der Waals surface area contributed by atoms with Crippen LogP contribution in [0.5, 0.6) is 0 Å². The lowest BCUT2D eigenvalue weighted by Crippen LogP contribution is -2.47. The maximum atomic E-state index is 12.8. The zero-order chi connectivity index (χ0) is 21.7. The van der Waals surface area contributed by atoms with Crippen molar-refractivity contribution in [3.63, 3.8) is 0 Å². The van der Waals surface area contributed by atoms with Crippen LogP contribution in [0.4, 0.5) is 5.69 Å². The zero-order valence-electron chi connectivity index (χ0n) is 16.9. The van der Waals surface area contributed by atoms with Gasteiger partial charge in [-0.1, -0.05) is 30.2 Å². The van der Waals surface area contributed by atoms with Crippen molar-refractivity contribution >= 4 is 27.3 Å². The summed E-state index contributed by atoms with van der Waals surface area (Å²) in [4.78, 5) is 2.35. The smallest absolute Gasteiger partial charge is 0.240 e. The first kappa shape index (κ1) is 23.0. The second-order valence-corrected chi connectivity index (χ2v) is 9.87. The van der Waals surface area contributed by atoms with Crippen LogP contribution in [-0.4, -0.2) is 49.4 Å². The normalized spacial score (nSPS) is 19.4. The van der Waals surface area contributed by atoms with Gasteiger partial charge in [-0.3, -0.25) is 10.4 Å². The number of halogens is 1. The van der Waals surface area contributed by atoms with Crippen LogP contribution in [0.25, 0.3) is 0 Å². The fourth-order valence-electron chi connectivity index (χ4n) is 3.98. The molecule has 7 nitrogen and oxygen atoms in total. The van der Waals surface area contributed by atoms with Crippen molar-refractivity contribution in [1.82, 2.24) is 9.62 Å². The Balaban J connectivity index is 1.56. The Bertz CT molecular complexity index is 920. The van der Waals surface area contributed by atoms with E-state index in [4.69, 9.17) is 22.0 Å². The fourth-order valence-corrected chi connectivity index (χ4v) is 5.41. The number of nitrogens with one attached hydrogen (secondary N) is 1. The van der Waals surface area contributed by atoms with E-state index < -0.39 is 10.0 Å². The molecule has 1 aliphatic rings. The minimum atomic E-state index is -3.69. The van der Waals surface area contributed by atoms with Gasteiger partial charge in [-0.15, -0.1) is 5.23 Å². The van der Waals surface area contributed by atoms with Crippen molar-refractivity contribution in [3.8, 4) is 0 Å². The second-order valence-electron chi connectivity index (χ2n) is 7.72. The molecule has 3 rings (SSSR count). The molecule has 0 amide bonds. The molecule has 2 aromatic carbocycles. The molecule has 1 aliphatic carbocycles. The third-order valence-electron chi connectivity index (χ3n) is 5.62. The number of anilines is 1. The summed E-state index contributed by atoms with van der Waals surface area (Å²) in [6, 6.07) is 13.2. The minimum absolute atomic E-state index is 0.0458. The molecule has 30 heavy (non-hydrogen) atoms. The molecule has 0 radical (unpaired) electrons. The molecule has 0 heterocycles. The Hall–Kier alpha value is -1.68. The highest BCUT2D eigenvalue weighted by atomic mass is 35.5. The summed E-state index contributed by atoms with van der Waals surface area (Å²) < 4.78 is 28.4. The number of nitrogens with zero attached hydrogens (tertiary/aromatic N) is 2. The lowest BCUT2D eigenvalue weighted by Gasteiger charge is -2.30. The SMILES string of the molecule is CN(CCCc1ccc(Cl)cc1)[C@@H]1CCC[C@H]1NS(=O)(=O)c1ccc(N(O)O)cc1. The van der Waals surface area contributed by atoms with Gasteiger partial charge in [0.05, 0.1) is 10.6 Å². The molecular weight excluding hydrogens is 426 g/mol. The van der Waals surface area contributed by atoms with Gasteiger partial charge in [0.25, 0.3) is 0 Å². The van der Waals surface area contributed by atoms with E-state index in [9.17, 15) is 8.42 Å². The van der Waals surface area contributed by atoms with E-state index in [0.717, 1.165) is 43.7 Å². The molecule has 2 atom stereocenters. The molecule has 0 aromatic heterocycles. The lowest BCUT2D eigenvalue weighted by molar-refractivity contribution is 0.0291. The fraction of sp³-hybridized carbons (Fsp3) is 0.429. The summed E-state index contributed by atoms with van der Waals surface area (Å²) in [6.07, 6.45) is 4.65. The van der Waals surface area contributed by atoms with Crippen molar-refractivity contribution in [2.75, 3.05) is 18.8 Å². The number of likely N-dealkylation sites (N-methyl/N-ethyl adjacent to an activating group) is 1. The molecule has 9 heteroatoms. The number of benzene rings is 2. The molecule has 3 N–H and O–H groups in total. The quantitative estimate of drug-likeness (QED) is 0.501. The van der Waals surface area contributed by atoms with Crippen LogP contribution in [0.2, 0.25) is 5.02 Å². The highest BCUT2D eigenvalue weighted by Gasteiger charge is 2.33. The average Bonchev–Trinajstić information content (AvgIpc) is 3.17. The second kappa shape index (κ2) is 10.1. The van der Waals surface area contributed by atoms with Crippen molar-refractivity contribution in [2.24, 2.45) is 0 Å². The number of rotatable bonds is 9. The van der Waals surface area contributed by atoms with Gasteiger partial charge in [-0.2, -0.15) is 0 Å². The Morgan fingerprint density at radius 1 is 1.07 bits per heavy atom. The maximum absolute atomic E-state index is 12.8. The molecular formula is C21H28ClN3O4S. The summed E-state index contributed by atoms with van der Waals surface area (Å²) in [5.41, 5.74) is 1.33. The highest BCUT2D eigenvalue weighted by Crippen LogP contribution is 2.26. The molecule has 1 fully saturated rings. The Labute approximate surface area is 182 Å². The van der Waals surface area contributed by atoms with E-state index in [-0.39, 0.29) is 27.9 Å². The Morgan fingerprint density at radius 3 is 2.37 bits per heavy atom. The molecule has 2 aromatic rings. The van der Waals surface area contributed by atoms with E-state index in [1.807, 2.05) is 31.3 Å². The van der Waals surface area contributed by atoms with Crippen molar-refractivity contribution in [3.05, 3.63) is 59.1 Å². The van der Waals surface area contributed by atoms with Crippen LogP contribution in [0.15, 0.2) is 53.4 Å². The number of aryl methyl sites for hydroxylation is 1. The van der Waals surface area contributed by atoms with E-state index in [1.54, 1.807) is 0 Å². The standard InChI is InChI=1S/C21H28ClN3O4S/c1-24(15-3-4-16-7-9-17(22)10-8-16)21-6-2-5-20(21)23-30(28,29)19-13-11-18(12-14-19)25(26)27/h7-14,20-21,23,26-27H,2-6,15H2,1H3/t20-,21-/m1/s1. The number of hydrogen-bond donors (Lipinski definition) is 3. The Morgan fingerprint density at radius 2 is 1.73 bits per heavy atom. The topological polar surface area (TPSA) is 93.1 Å². The molecule has 0 unspecified atom stereocenters. The van der Waals surface area contributed by atoms with Gasteiger partial charge in [0, 0.05) is 17.1 Å². The first-order valence-corrected chi connectivity index (χ1v) is 11.9. The van der Waals surface area contributed by atoms with Gasteiger partial charge in [-0.25, -0.2) is 13.1 Å². The molecule has 164 valence electrons. The summed E-state index contributed by atoms with van der Waals surface area (Å²) >= 11 is 5.93. The van der Waals surface area contributed by atoms with Gasteiger partial charge in [0.15, 0.2) is 0 Å². The Kier molecular flexibility index (Phi) is 7.73. The average molecular weight is 454 g/mol. The largest absolute Gasteiger partial charge is 0.302 e. The first-order chi connectivity index (χ1) is 14.3. The van der Waals surface area contributed by atoms with Crippen molar-refractivity contribution < 1.29 is 18.8 Å².